The first-order chi connectivity index (χ1) is 9.09. The molecule has 0 bridgehead atoms. The van der Waals surface area contributed by atoms with Crippen molar-refractivity contribution >= 4 is 16.1 Å². The molecule has 0 aromatic heterocycles. The molecule has 0 radical (unpaired) electrons. The van der Waals surface area contributed by atoms with E-state index in [0.29, 0.717) is 6.29 Å². The third-order valence-electron chi connectivity index (χ3n) is 2.61. The fraction of sp³-hybridized carbons (Fsp3) is 0. The minimum atomic E-state index is -3.80. The maximum atomic E-state index is 12.4. The first-order valence-electron chi connectivity index (χ1n) is 5.39. The SMILES string of the molecule is N#Cc1ccc(C=O)cc1S(=O)(=O)c1ccccc1. The molecule has 0 aliphatic heterocycles. The second-order valence-electron chi connectivity index (χ2n) is 3.80. The Balaban J connectivity index is 2.71. The van der Waals surface area contributed by atoms with Crippen molar-refractivity contribution in [3.05, 3.63) is 59.7 Å². The van der Waals surface area contributed by atoms with E-state index in [4.69, 9.17) is 5.26 Å². The van der Waals surface area contributed by atoms with Crippen LogP contribution in [0.3, 0.4) is 0 Å². The molecular formula is C14H9NO3S. The molecule has 0 saturated heterocycles. The number of aldehydes is 1. The highest BCUT2D eigenvalue weighted by atomic mass is 32.2. The number of nitriles is 1. The molecule has 2 aromatic carbocycles. The Morgan fingerprint density at radius 1 is 1.05 bits per heavy atom. The summed E-state index contributed by atoms with van der Waals surface area (Å²) >= 11 is 0. The first-order valence-corrected chi connectivity index (χ1v) is 6.87. The van der Waals surface area contributed by atoms with Gasteiger partial charge in [-0.05, 0) is 24.3 Å². The van der Waals surface area contributed by atoms with Crippen molar-refractivity contribution in [2.75, 3.05) is 0 Å². The molecular weight excluding hydrogens is 262 g/mol. The Labute approximate surface area is 110 Å². The maximum Gasteiger partial charge on any atom is 0.207 e. The Morgan fingerprint density at radius 2 is 1.74 bits per heavy atom. The fourth-order valence-corrected chi connectivity index (χ4v) is 3.12. The molecule has 0 amide bonds. The molecule has 0 spiro atoms. The summed E-state index contributed by atoms with van der Waals surface area (Å²) < 4.78 is 24.8. The lowest BCUT2D eigenvalue weighted by Gasteiger charge is -2.06. The van der Waals surface area contributed by atoms with Gasteiger partial charge < -0.3 is 0 Å². The molecule has 2 aromatic rings. The molecule has 2 rings (SSSR count). The van der Waals surface area contributed by atoms with Gasteiger partial charge >= 0.3 is 0 Å². The van der Waals surface area contributed by atoms with Crippen LogP contribution in [-0.4, -0.2) is 14.7 Å². The van der Waals surface area contributed by atoms with Crippen LogP contribution in [-0.2, 0) is 9.84 Å². The standard InChI is InChI=1S/C14H9NO3S/c15-9-12-7-6-11(10-16)8-14(12)19(17,18)13-4-2-1-3-5-13/h1-8,10H. The van der Waals surface area contributed by atoms with Crippen molar-refractivity contribution in [3.63, 3.8) is 0 Å². The van der Waals surface area contributed by atoms with Crippen LogP contribution in [0, 0.1) is 11.3 Å². The van der Waals surface area contributed by atoms with Crippen LogP contribution in [0.15, 0.2) is 58.3 Å². The highest BCUT2D eigenvalue weighted by Crippen LogP contribution is 2.24. The topological polar surface area (TPSA) is 75.0 Å². The van der Waals surface area contributed by atoms with Crippen molar-refractivity contribution in [2.24, 2.45) is 0 Å². The van der Waals surface area contributed by atoms with Crippen LogP contribution in [0.1, 0.15) is 15.9 Å². The lowest BCUT2D eigenvalue weighted by atomic mass is 10.2. The van der Waals surface area contributed by atoms with E-state index in [1.807, 2.05) is 6.07 Å². The molecule has 4 nitrogen and oxygen atoms in total. The maximum absolute atomic E-state index is 12.4. The molecule has 0 aliphatic rings. The van der Waals surface area contributed by atoms with E-state index in [1.54, 1.807) is 18.2 Å². The summed E-state index contributed by atoms with van der Waals surface area (Å²) in [5.41, 5.74) is 0.239. The van der Waals surface area contributed by atoms with Crippen LogP contribution in [0.5, 0.6) is 0 Å². The fourth-order valence-electron chi connectivity index (χ4n) is 1.65. The average molecular weight is 271 g/mol. The Kier molecular flexibility index (Phi) is 3.45. The number of rotatable bonds is 3. The third-order valence-corrected chi connectivity index (χ3v) is 4.41. The van der Waals surface area contributed by atoms with Crippen molar-refractivity contribution in [2.45, 2.75) is 9.79 Å². The van der Waals surface area contributed by atoms with Crippen molar-refractivity contribution in [1.29, 1.82) is 5.26 Å². The summed E-state index contributed by atoms with van der Waals surface area (Å²) in [7, 11) is -3.80. The van der Waals surface area contributed by atoms with E-state index < -0.39 is 9.84 Å². The first kappa shape index (κ1) is 13.0. The number of nitrogens with zero attached hydrogens (tertiary/aromatic N) is 1. The molecule has 0 atom stereocenters. The minimum Gasteiger partial charge on any atom is -0.298 e. The highest BCUT2D eigenvalue weighted by Gasteiger charge is 2.21. The van der Waals surface area contributed by atoms with Crippen molar-refractivity contribution in [1.82, 2.24) is 0 Å². The van der Waals surface area contributed by atoms with Gasteiger partial charge in [0.05, 0.1) is 15.4 Å². The largest absolute Gasteiger partial charge is 0.298 e. The second kappa shape index (κ2) is 5.04. The number of hydrogen-bond acceptors (Lipinski definition) is 4. The van der Waals surface area contributed by atoms with Gasteiger partial charge in [-0.15, -0.1) is 0 Å². The number of sulfone groups is 1. The van der Waals surface area contributed by atoms with Crippen LogP contribution in [0.2, 0.25) is 0 Å². The predicted molar refractivity (Wildman–Crippen MR) is 68.4 cm³/mol. The van der Waals surface area contributed by atoms with Gasteiger partial charge in [-0.25, -0.2) is 8.42 Å². The summed E-state index contributed by atoms with van der Waals surface area (Å²) in [4.78, 5) is 10.7. The quantitative estimate of drug-likeness (QED) is 0.802. The highest BCUT2D eigenvalue weighted by molar-refractivity contribution is 7.91. The second-order valence-corrected chi connectivity index (χ2v) is 5.72. The molecule has 0 fully saturated rings. The molecule has 19 heavy (non-hydrogen) atoms. The molecule has 5 heteroatoms. The molecule has 0 aliphatic carbocycles. The van der Waals surface area contributed by atoms with Crippen LogP contribution in [0.4, 0.5) is 0 Å². The van der Waals surface area contributed by atoms with Crippen molar-refractivity contribution in [3.8, 4) is 6.07 Å². The van der Waals surface area contributed by atoms with E-state index in [1.165, 1.54) is 30.3 Å². The van der Waals surface area contributed by atoms with Gasteiger partial charge in [0.15, 0.2) is 0 Å². The number of carbonyl (C=O) groups excluding carboxylic acids is 1. The van der Waals surface area contributed by atoms with E-state index in [9.17, 15) is 13.2 Å². The van der Waals surface area contributed by atoms with Gasteiger partial charge in [0, 0.05) is 5.56 Å². The zero-order chi connectivity index (χ0) is 13.9. The molecule has 0 N–H and O–H groups in total. The Bertz CT molecular complexity index is 759. The molecule has 94 valence electrons. The lowest BCUT2D eigenvalue weighted by molar-refractivity contribution is 0.112. The monoisotopic (exact) mass is 271 g/mol. The zero-order valence-corrected chi connectivity index (χ0v) is 10.6. The smallest absolute Gasteiger partial charge is 0.207 e. The molecule has 0 heterocycles. The van der Waals surface area contributed by atoms with Crippen LogP contribution < -0.4 is 0 Å². The average Bonchev–Trinajstić information content (AvgIpc) is 2.47. The molecule has 0 unspecified atom stereocenters. The Hall–Kier alpha value is -2.45. The zero-order valence-electron chi connectivity index (χ0n) is 9.78. The van der Waals surface area contributed by atoms with E-state index in [-0.39, 0.29) is 20.9 Å². The van der Waals surface area contributed by atoms with Crippen LogP contribution in [0.25, 0.3) is 0 Å². The summed E-state index contributed by atoms with van der Waals surface area (Å²) in [5.74, 6) is 0. The molecule has 0 saturated carbocycles. The van der Waals surface area contributed by atoms with Gasteiger partial charge in [-0.3, -0.25) is 4.79 Å². The summed E-state index contributed by atoms with van der Waals surface area (Å²) in [6.07, 6.45) is 0.547. The minimum absolute atomic E-state index is 0.0226. The van der Waals surface area contributed by atoms with E-state index in [0.717, 1.165) is 0 Å². The van der Waals surface area contributed by atoms with Gasteiger partial charge in [0.1, 0.15) is 12.4 Å². The number of benzene rings is 2. The summed E-state index contributed by atoms with van der Waals surface area (Å²) in [6.45, 7) is 0. The van der Waals surface area contributed by atoms with Gasteiger partial charge in [-0.2, -0.15) is 5.26 Å². The van der Waals surface area contributed by atoms with Gasteiger partial charge in [0.25, 0.3) is 0 Å². The summed E-state index contributed by atoms with van der Waals surface area (Å²) in [5, 5.41) is 8.99. The third kappa shape index (κ3) is 2.39. The van der Waals surface area contributed by atoms with Crippen LogP contribution >= 0.6 is 0 Å². The van der Waals surface area contributed by atoms with E-state index >= 15 is 0 Å². The Morgan fingerprint density at radius 3 is 2.32 bits per heavy atom. The van der Waals surface area contributed by atoms with Gasteiger partial charge in [-0.1, -0.05) is 24.3 Å². The predicted octanol–water partition coefficient (Wildman–Crippen LogP) is 2.20. The normalized spacial score (nSPS) is 10.7. The van der Waals surface area contributed by atoms with Crippen molar-refractivity contribution < 1.29 is 13.2 Å². The van der Waals surface area contributed by atoms with E-state index in [2.05, 4.69) is 0 Å². The number of hydrogen-bond donors (Lipinski definition) is 0. The lowest BCUT2D eigenvalue weighted by Crippen LogP contribution is -2.05. The summed E-state index contributed by atoms with van der Waals surface area (Å²) in [6, 6.07) is 13.6. The van der Waals surface area contributed by atoms with Gasteiger partial charge in [0.2, 0.25) is 9.84 Å². The number of carbonyl (C=O) groups is 1.